The van der Waals surface area contributed by atoms with Crippen molar-refractivity contribution in [2.75, 3.05) is 36.5 Å². The Labute approximate surface area is 143 Å². The number of nitrogens with zero attached hydrogens (tertiary/aromatic N) is 2. The van der Waals surface area contributed by atoms with Crippen LogP contribution in [0.25, 0.3) is 0 Å². The molecule has 1 heterocycles. The standard InChI is InChI=1S/C17H16FN3O4/c18-13-2-4-14(5-3-13)19-17(22)12-1-6-15(16(11-12)21(23)24)20-7-9-25-10-8-20/h1-6,11H,7-10H2,(H,19,22). The Morgan fingerprint density at radius 3 is 2.48 bits per heavy atom. The number of hydrogen-bond acceptors (Lipinski definition) is 5. The number of benzene rings is 2. The molecular formula is C17H16FN3O4. The van der Waals surface area contributed by atoms with Crippen LogP contribution in [0.1, 0.15) is 10.4 Å². The minimum Gasteiger partial charge on any atom is -0.378 e. The summed E-state index contributed by atoms with van der Waals surface area (Å²) >= 11 is 0. The van der Waals surface area contributed by atoms with E-state index in [1.807, 2.05) is 4.90 Å². The molecule has 2 aromatic carbocycles. The van der Waals surface area contributed by atoms with Gasteiger partial charge >= 0.3 is 0 Å². The largest absolute Gasteiger partial charge is 0.378 e. The molecule has 3 rings (SSSR count). The van der Waals surface area contributed by atoms with Crippen LogP contribution in [0.2, 0.25) is 0 Å². The number of rotatable bonds is 4. The first-order valence-corrected chi connectivity index (χ1v) is 7.72. The normalized spacial score (nSPS) is 14.2. The van der Waals surface area contributed by atoms with Gasteiger partial charge in [0.25, 0.3) is 11.6 Å². The maximum atomic E-state index is 12.9. The van der Waals surface area contributed by atoms with E-state index < -0.39 is 16.6 Å². The Hall–Kier alpha value is -3.00. The summed E-state index contributed by atoms with van der Waals surface area (Å²) in [5.41, 5.74) is 0.902. The monoisotopic (exact) mass is 345 g/mol. The minimum atomic E-state index is -0.501. The SMILES string of the molecule is O=C(Nc1ccc(F)cc1)c1ccc(N2CCOCC2)c([N+](=O)[O-])c1. The zero-order valence-electron chi connectivity index (χ0n) is 13.3. The van der Waals surface area contributed by atoms with Gasteiger partial charge in [0.05, 0.1) is 18.1 Å². The van der Waals surface area contributed by atoms with E-state index in [0.717, 1.165) is 0 Å². The van der Waals surface area contributed by atoms with Gasteiger partial charge in [-0.25, -0.2) is 4.39 Å². The van der Waals surface area contributed by atoms with Gasteiger partial charge in [0.15, 0.2) is 0 Å². The Balaban J connectivity index is 1.84. The number of nitro benzene ring substituents is 1. The average molecular weight is 345 g/mol. The molecule has 0 radical (unpaired) electrons. The molecule has 0 aliphatic carbocycles. The number of anilines is 2. The van der Waals surface area contributed by atoms with Crippen LogP contribution in [-0.4, -0.2) is 37.1 Å². The highest BCUT2D eigenvalue weighted by Gasteiger charge is 2.23. The quantitative estimate of drug-likeness (QED) is 0.680. The summed E-state index contributed by atoms with van der Waals surface area (Å²) in [5, 5.41) is 14.0. The highest BCUT2D eigenvalue weighted by Crippen LogP contribution is 2.30. The number of morpholine rings is 1. The summed E-state index contributed by atoms with van der Waals surface area (Å²) in [5.74, 6) is -0.910. The molecule has 0 atom stereocenters. The Morgan fingerprint density at radius 2 is 1.84 bits per heavy atom. The number of carbonyl (C=O) groups excluding carboxylic acids is 1. The van der Waals surface area contributed by atoms with E-state index in [9.17, 15) is 19.3 Å². The molecule has 0 bridgehead atoms. The van der Waals surface area contributed by atoms with Gasteiger partial charge in [-0.15, -0.1) is 0 Å². The molecule has 1 saturated heterocycles. The van der Waals surface area contributed by atoms with Gasteiger partial charge in [-0.1, -0.05) is 0 Å². The van der Waals surface area contributed by atoms with Crippen molar-refractivity contribution >= 4 is 23.0 Å². The summed E-state index contributed by atoms with van der Waals surface area (Å²) in [7, 11) is 0. The minimum absolute atomic E-state index is 0.131. The van der Waals surface area contributed by atoms with Crippen molar-refractivity contribution in [3.63, 3.8) is 0 Å². The lowest BCUT2D eigenvalue weighted by molar-refractivity contribution is -0.384. The first-order valence-electron chi connectivity index (χ1n) is 7.72. The van der Waals surface area contributed by atoms with E-state index in [0.29, 0.717) is 37.7 Å². The first kappa shape index (κ1) is 16.8. The van der Waals surface area contributed by atoms with Gasteiger partial charge in [0.2, 0.25) is 0 Å². The van der Waals surface area contributed by atoms with Crippen LogP contribution in [0, 0.1) is 15.9 Å². The molecule has 0 spiro atoms. The molecule has 0 unspecified atom stereocenters. The number of amides is 1. The highest BCUT2D eigenvalue weighted by molar-refractivity contribution is 6.05. The van der Waals surface area contributed by atoms with Gasteiger partial charge in [-0.2, -0.15) is 0 Å². The van der Waals surface area contributed by atoms with Crippen molar-refractivity contribution in [1.29, 1.82) is 0 Å². The van der Waals surface area contributed by atoms with Gasteiger partial charge in [-0.3, -0.25) is 14.9 Å². The van der Waals surface area contributed by atoms with E-state index in [-0.39, 0.29) is 11.3 Å². The second-order valence-electron chi connectivity index (χ2n) is 5.52. The van der Waals surface area contributed by atoms with Crippen LogP contribution in [0.15, 0.2) is 42.5 Å². The summed E-state index contributed by atoms with van der Waals surface area (Å²) in [6.45, 7) is 2.12. The van der Waals surface area contributed by atoms with Crippen LogP contribution >= 0.6 is 0 Å². The molecule has 1 aliphatic rings. The summed E-state index contributed by atoms with van der Waals surface area (Å²) in [6, 6.07) is 9.65. The smallest absolute Gasteiger partial charge is 0.293 e. The predicted molar refractivity (Wildman–Crippen MR) is 90.5 cm³/mol. The van der Waals surface area contributed by atoms with E-state index in [2.05, 4.69) is 5.32 Å². The molecule has 2 aromatic rings. The third kappa shape index (κ3) is 3.92. The molecule has 1 amide bonds. The fourth-order valence-corrected chi connectivity index (χ4v) is 2.62. The Bertz CT molecular complexity index is 789. The lowest BCUT2D eigenvalue weighted by Crippen LogP contribution is -2.36. The van der Waals surface area contributed by atoms with E-state index >= 15 is 0 Å². The van der Waals surface area contributed by atoms with E-state index in [1.165, 1.54) is 36.4 Å². The van der Waals surface area contributed by atoms with Crippen LogP contribution in [0.5, 0.6) is 0 Å². The molecule has 1 aliphatic heterocycles. The summed E-state index contributed by atoms with van der Waals surface area (Å²) < 4.78 is 18.2. The van der Waals surface area contributed by atoms with Crippen LogP contribution in [-0.2, 0) is 4.74 Å². The van der Waals surface area contributed by atoms with Crippen LogP contribution < -0.4 is 10.2 Å². The fraction of sp³-hybridized carbons (Fsp3) is 0.235. The van der Waals surface area contributed by atoms with E-state index in [1.54, 1.807) is 6.07 Å². The highest BCUT2D eigenvalue weighted by atomic mass is 19.1. The molecule has 130 valence electrons. The molecule has 0 saturated carbocycles. The zero-order valence-corrected chi connectivity index (χ0v) is 13.3. The maximum Gasteiger partial charge on any atom is 0.293 e. The summed E-state index contributed by atoms with van der Waals surface area (Å²) in [4.78, 5) is 25.1. The predicted octanol–water partition coefficient (Wildman–Crippen LogP) is 2.82. The average Bonchev–Trinajstić information content (AvgIpc) is 2.63. The van der Waals surface area contributed by atoms with Crippen molar-refractivity contribution in [2.45, 2.75) is 0 Å². The first-order chi connectivity index (χ1) is 12.0. The molecule has 0 aromatic heterocycles. The fourth-order valence-electron chi connectivity index (χ4n) is 2.62. The molecular weight excluding hydrogens is 329 g/mol. The van der Waals surface area contributed by atoms with Crippen molar-refractivity contribution in [2.24, 2.45) is 0 Å². The van der Waals surface area contributed by atoms with Gasteiger partial charge < -0.3 is 15.0 Å². The molecule has 1 N–H and O–H groups in total. The van der Waals surface area contributed by atoms with Gasteiger partial charge in [-0.05, 0) is 36.4 Å². The second-order valence-corrected chi connectivity index (χ2v) is 5.52. The Morgan fingerprint density at radius 1 is 1.16 bits per heavy atom. The van der Waals surface area contributed by atoms with Gasteiger partial charge in [0, 0.05) is 30.4 Å². The van der Waals surface area contributed by atoms with E-state index in [4.69, 9.17) is 4.74 Å². The lowest BCUT2D eigenvalue weighted by Gasteiger charge is -2.28. The topological polar surface area (TPSA) is 84.7 Å². The molecule has 8 heteroatoms. The number of hydrogen-bond donors (Lipinski definition) is 1. The Kier molecular flexibility index (Phi) is 4.90. The third-order valence-electron chi connectivity index (χ3n) is 3.89. The number of nitro groups is 1. The lowest BCUT2D eigenvalue weighted by atomic mass is 10.1. The number of ether oxygens (including phenoxy) is 1. The summed E-state index contributed by atoms with van der Waals surface area (Å²) in [6.07, 6.45) is 0. The van der Waals surface area contributed by atoms with Crippen LogP contribution in [0.3, 0.4) is 0 Å². The van der Waals surface area contributed by atoms with Gasteiger partial charge in [0.1, 0.15) is 11.5 Å². The van der Waals surface area contributed by atoms with Crippen molar-refractivity contribution in [3.05, 3.63) is 64.0 Å². The zero-order chi connectivity index (χ0) is 17.8. The molecule has 25 heavy (non-hydrogen) atoms. The molecule has 7 nitrogen and oxygen atoms in total. The number of nitrogens with one attached hydrogen (secondary N) is 1. The number of carbonyl (C=O) groups is 1. The van der Waals surface area contributed by atoms with Crippen molar-refractivity contribution < 1.29 is 18.8 Å². The maximum absolute atomic E-state index is 12.9. The van der Waals surface area contributed by atoms with Crippen molar-refractivity contribution in [1.82, 2.24) is 0 Å². The van der Waals surface area contributed by atoms with Crippen molar-refractivity contribution in [3.8, 4) is 0 Å². The second kappa shape index (κ2) is 7.27. The third-order valence-corrected chi connectivity index (χ3v) is 3.89. The number of halogens is 1. The van der Waals surface area contributed by atoms with Crippen LogP contribution in [0.4, 0.5) is 21.5 Å². The molecule has 1 fully saturated rings.